The van der Waals surface area contributed by atoms with Gasteiger partial charge in [-0.05, 0) is 19.8 Å². The number of methoxy groups -OCH3 is 1. The Balaban J connectivity index is 3.55. The molecule has 0 aromatic carbocycles. The number of amides is 1. The maximum Gasteiger partial charge on any atom is 0.331 e. The molecule has 1 amide bonds. The van der Waals surface area contributed by atoms with Gasteiger partial charge in [0.15, 0.2) is 0 Å². The van der Waals surface area contributed by atoms with Crippen LogP contribution in [0.1, 0.15) is 32.6 Å². The Morgan fingerprint density at radius 1 is 1.19 bits per heavy atom. The number of rotatable bonds is 7. The first kappa shape index (κ1) is 14.3. The highest BCUT2D eigenvalue weighted by atomic mass is 16.5. The summed E-state index contributed by atoms with van der Waals surface area (Å²) < 4.78 is 4.34. The molecule has 0 unspecified atom stereocenters. The number of unbranched alkanes of at least 4 members (excludes halogenated alkanes) is 1. The minimum atomic E-state index is -0.517. The van der Waals surface area contributed by atoms with Gasteiger partial charge in [0.25, 0.3) is 0 Å². The smallest absolute Gasteiger partial charge is 0.331 e. The summed E-state index contributed by atoms with van der Waals surface area (Å²) in [5, 5.41) is 2.43. The summed E-state index contributed by atoms with van der Waals surface area (Å²) in [6, 6.07) is 0. The highest BCUT2D eigenvalue weighted by Crippen LogP contribution is 2.00. The van der Waals surface area contributed by atoms with Crippen molar-refractivity contribution < 1.29 is 19.1 Å². The van der Waals surface area contributed by atoms with Crippen LogP contribution in [0.5, 0.6) is 0 Å². The summed E-state index contributed by atoms with van der Waals surface area (Å²) in [7, 11) is 1.26. The molecule has 0 bridgehead atoms. The molecule has 5 nitrogen and oxygen atoms in total. The standard InChI is InChI=1S/C11H17NO4/c1-9(13)5-3-4-6-10(14)12-8-7-11(15)16-2/h7-8H,3-6H2,1-2H3,(H,12,14)/b8-7+. The number of nitrogens with one attached hydrogen (secondary N) is 1. The zero-order valence-electron chi connectivity index (χ0n) is 9.62. The van der Waals surface area contributed by atoms with E-state index in [9.17, 15) is 14.4 Å². The van der Waals surface area contributed by atoms with Crippen LogP contribution in [-0.4, -0.2) is 24.8 Å². The van der Waals surface area contributed by atoms with Crippen molar-refractivity contribution in [2.24, 2.45) is 0 Å². The van der Waals surface area contributed by atoms with Crippen LogP contribution in [0.25, 0.3) is 0 Å². The van der Waals surface area contributed by atoms with E-state index in [1.165, 1.54) is 20.2 Å². The Morgan fingerprint density at radius 2 is 1.81 bits per heavy atom. The monoisotopic (exact) mass is 227 g/mol. The van der Waals surface area contributed by atoms with Crippen LogP contribution in [0.2, 0.25) is 0 Å². The van der Waals surface area contributed by atoms with E-state index in [0.29, 0.717) is 25.7 Å². The fourth-order valence-corrected chi connectivity index (χ4v) is 1.00. The Labute approximate surface area is 94.8 Å². The molecule has 0 saturated heterocycles. The van der Waals surface area contributed by atoms with E-state index < -0.39 is 5.97 Å². The number of Topliss-reactive ketones (excluding diaryl/α,β-unsaturated/α-hetero) is 1. The van der Waals surface area contributed by atoms with Gasteiger partial charge in [0.2, 0.25) is 5.91 Å². The van der Waals surface area contributed by atoms with Gasteiger partial charge >= 0.3 is 5.97 Å². The van der Waals surface area contributed by atoms with Gasteiger partial charge in [-0.25, -0.2) is 4.79 Å². The summed E-state index contributed by atoms with van der Waals surface area (Å²) in [5.74, 6) is -0.563. The molecule has 0 fully saturated rings. The topological polar surface area (TPSA) is 72.5 Å². The zero-order valence-corrected chi connectivity index (χ0v) is 9.62. The molecule has 0 spiro atoms. The molecule has 0 heterocycles. The number of ketones is 1. The highest BCUT2D eigenvalue weighted by molar-refractivity contribution is 5.83. The fraction of sp³-hybridized carbons (Fsp3) is 0.545. The SMILES string of the molecule is COC(=O)/C=C/NC(=O)CCCCC(C)=O. The van der Waals surface area contributed by atoms with Crippen LogP contribution in [0.15, 0.2) is 12.3 Å². The molecule has 0 radical (unpaired) electrons. The second-order valence-corrected chi connectivity index (χ2v) is 3.33. The molecule has 0 aliphatic rings. The first-order valence-electron chi connectivity index (χ1n) is 5.09. The molecule has 0 rings (SSSR count). The lowest BCUT2D eigenvalue weighted by molar-refractivity contribution is -0.134. The van der Waals surface area contributed by atoms with Crippen LogP contribution < -0.4 is 5.32 Å². The van der Waals surface area contributed by atoms with E-state index in [1.807, 2.05) is 0 Å². The van der Waals surface area contributed by atoms with Gasteiger partial charge in [-0.3, -0.25) is 4.79 Å². The average molecular weight is 227 g/mol. The van der Waals surface area contributed by atoms with E-state index >= 15 is 0 Å². The molecule has 0 aromatic heterocycles. The van der Waals surface area contributed by atoms with Gasteiger partial charge in [-0.2, -0.15) is 0 Å². The molecular formula is C11H17NO4. The molecule has 90 valence electrons. The van der Waals surface area contributed by atoms with Gasteiger partial charge in [0, 0.05) is 25.1 Å². The molecule has 5 heteroatoms. The van der Waals surface area contributed by atoms with Crippen molar-refractivity contribution in [1.82, 2.24) is 5.32 Å². The van der Waals surface area contributed by atoms with Crippen molar-refractivity contribution in [3.63, 3.8) is 0 Å². The van der Waals surface area contributed by atoms with Gasteiger partial charge in [-0.15, -0.1) is 0 Å². The second-order valence-electron chi connectivity index (χ2n) is 3.33. The predicted octanol–water partition coefficient (Wildman–Crippen LogP) is 0.939. The summed E-state index contributed by atoms with van der Waals surface area (Å²) in [6.07, 6.45) is 4.61. The molecule has 0 aliphatic heterocycles. The van der Waals surface area contributed by atoms with Gasteiger partial charge < -0.3 is 14.8 Å². The van der Waals surface area contributed by atoms with Crippen LogP contribution in [-0.2, 0) is 19.1 Å². The van der Waals surface area contributed by atoms with E-state index in [0.717, 1.165) is 6.08 Å². The quantitative estimate of drug-likeness (QED) is 0.399. The van der Waals surface area contributed by atoms with E-state index in [-0.39, 0.29) is 11.7 Å². The number of esters is 1. The third-order valence-electron chi connectivity index (χ3n) is 1.85. The number of carbonyl (C=O) groups excluding carboxylic acids is 3. The van der Waals surface area contributed by atoms with Gasteiger partial charge in [-0.1, -0.05) is 0 Å². The van der Waals surface area contributed by atoms with Gasteiger partial charge in [0.05, 0.1) is 7.11 Å². The Bertz CT molecular complexity index is 284. The van der Waals surface area contributed by atoms with Crippen molar-refractivity contribution in [2.75, 3.05) is 7.11 Å². The molecule has 1 N–H and O–H groups in total. The number of hydrogen-bond donors (Lipinski definition) is 1. The molecule has 0 saturated carbocycles. The Kier molecular flexibility index (Phi) is 7.75. The average Bonchev–Trinajstić information content (AvgIpc) is 2.24. The summed E-state index contributed by atoms with van der Waals surface area (Å²) in [5.41, 5.74) is 0. The molecule has 0 atom stereocenters. The Morgan fingerprint density at radius 3 is 2.38 bits per heavy atom. The van der Waals surface area contributed by atoms with E-state index in [1.54, 1.807) is 0 Å². The number of ether oxygens (including phenoxy) is 1. The summed E-state index contributed by atoms with van der Waals surface area (Å²) in [6.45, 7) is 1.53. The van der Waals surface area contributed by atoms with Crippen LogP contribution >= 0.6 is 0 Å². The molecule has 0 aromatic rings. The first-order valence-corrected chi connectivity index (χ1v) is 5.09. The van der Waals surface area contributed by atoms with Crippen LogP contribution in [0, 0.1) is 0 Å². The largest absolute Gasteiger partial charge is 0.466 e. The van der Waals surface area contributed by atoms with Gasteiger partial charge in [0.1, 0.15) is 5.78 Å². The number of hydrogen-bond acceptors (Lipinski definition) is 4. The third kappa shape index (κ3) is 8.93. The lowest BCUT2D eigenvalue weighted by Crippen LogP contribution is -2.17. The highest BCUT2D eigenvalue weighted by Gasteiger charge is 2.00. The fourth-order valence-electron chi connectivity index (χ4n) is 1.00. The molecule has 0 aliphatic carbocycles. The lowest BCUT2D eigenvalue weighted by atomic mass is 10.1. The van der Waals surface area contributed by atoms with Crippen molar-refractivity contribution in [3.8, 4) is 0 Å². The molecular weight excluding hydrogens is 210 g/mol. The van der Waals surface area contributed by atoms with E-state index in [4.69, 9.17) is 0 Å². The maximum atomic E-state index is 11.2. The summed E-state index contributed by atoms with van der Waals surface area (Å²) >= 11 is 0. The lowest BCUT2D eigenvalue weighted by Gasteiger charge is -1.99. The van der Waals surface area contributed by atoms with Crippen LogP contribution in [0.3, 0.4) is 0 Å². The summed E-state index contributed by atoms with van der Waals surface area (Å²) in [4.78, 5) is 32.4. The number of carbonyl (C=O) groups is 3. The normalized spacial score (nSPS) is 10.1. The minimum absolute atomic E-state index is 0.131. The minimum Gasteiger partial charge on any atom is -0.466 e. The van der Waals surface area contributed by atoms with Crippen molar-refractivity contribution >= 4 is 17.7 Å². The zero-order chi connectivity index (χ0) is 12.4. The van der Waals surface area contributed by atoms with Crippen molar-refractivity contribution in [1.29, 1.82) is 0 Å². The van der Waals surface area contributed by atoms with Crippen LogP contribution in [0.4, 0.5) is 0 Å². The van der Waals surface area contributed by atoms with E-state index in [2.05, 4.69) is 10.1 Å². The first-order chi connectivity index (χ1) is 7.56. The Hall–Kier alpha value is -1.65. The second kappa shape index (κ2) is 8.64. The van der Waals surface area contributed by atoms with Crippen molar-refractivity contribution in [2.45, 2.75) is 32.6 Å². The third-order valence-corrected chi connectivity index (χ3v) is 1.85. The predicted molar refractivity (Wildman–Crippen MR) is 58.4 cm³/mol. The van der Waals surface area contributed by atoms with Crippen molar-refractivity contribution in [3.05, 3.63) is 12.3 Å². The molecule has 16 heavy (non-hydrogen) atoms. The maximum absolute atomic E-state index is 11.2.